The van der Waals surface area contributed by atoms with Crippen LogP contribution in [-0.2, 0) is 13.3 Å². The first-order valence-corrected chi connectivity index (χ1v) is 8.39. The Balaban J connectivity index is 4.63. The molecule has 0 saturated carbocycles. The third-order valence-electron chi connectivity index (χ3n) is 2.28. The number of nitrogens with two attached hydrogens (primary N) is 1. The van der Waals surface area contributed by atoms with Crippen LogP contribution in [0.5, 0.6) is 0 Å². The van der Waals surface area contributed by atoms with Gasteiger partial charge in [-0.1, -0.05) is 20.8 Å². The van der Waals surface area contributed by atoms with Crippen molar-refractivity contribution in [3.8, 4) is 0 Å². The quantitative estimate of drug-likeness (QED) is 0.540. The molecule has 0 aromatic carbocycles. The Hall–Kier alpha value is 0.0569. The van der Waals surface area contributed by atoms with Crippen molar-refractivity contribution in [2.45, 2.75) is 60.2 Å². The Morgan fingerprint density at radius 1 is 1.12 bits per heavy atom. The van der Waals surface area contributed by atoms with Gasteiger partial charge in [0, 0.05) is 19.3 Å². The summed E-state index contributed by atoms with van der Waals surface area (Å²) in [5, 5.41) is 0. The molecule has 0 aliphatic carbocycles. The second-order valence-corrected chi connectivity index (χ2v) is 8.11. The van der Waals surface area contributed by atoms with Gasteiger partial charge in [-0.25, -0.2) is 0 Å². The molecule has 0 amide bonds. The van der Waals surface area contributed by atoms with Crippen molar-refractivity contribution in [3.63, 3.8) is 0 Å². The van der Waals surface area contributed by atoms with E-state index in [1.807, 2.05) is 20.8 Å². The van der Waals surface area contributed by atoms with Crippen LogP contribution in [0.1, 0.15) is 48.0 Å². The minimum atomic E-state index is -2.59. The molecule has 1 unspecified atom stereocenters. The highest BCUT2D eigenvalue weighted by Gasteiger charge is 2.42. The average Bonchev–Trinajstić information content (AvgIpc) is 2.13. The van der Waals surface area contributed by atoms with Crippen LogP contribution in [-0.4, -0.2) is 28.2 Å². The lowest BCUT2D eigenvalue weighted by Gasteiger charge is -2.32. The summed E-state index contributed by atoms with van der Waals surface area (Å²) >= 11 is 0. The molecular weight excluding hydrogens is 234 g/mol. The summed E-state index contributed by atoms with van der Waals surface area (Å²) in [7, 11) is -2.59. The van der Waals surface area contributed by atoms with E-state index in [9.17, 15) is 0 Å². The van der Waals surface area contributed by atoms with E-state index in [1.54, 1.807) is 0 Å². The summed E-state index contributed by atoms with van der Waals surface area (Å²) < 4.78 is 17.4. The Kier molecular flexibility index (Phi) is 7.51. The van der Waals surface area contributed by atoms with Crippen LogP contribution in [0.15, 0.2) is 0 Å². The van der Waals surface area contributed by atoms with E-state index in [0.29, 0.717) is 13.2 Å². The molecule has 2 N–H and O–H groups in total. The van der Waals surface area contributed by atoms with Crippen LogP contribution < -0.4 is 5.73 Å². The van der Waals surface area contributed by atoms with Crippen LogP contribution in [0.3, 0.4) is 0 Å². The maximum atomic E-state index is 5.79. The molecule has 4 nitrogen and oxygen atoms in total. The lowest BCUT2D eigenvalue weighted by atomic mass is 9.94. The van der Waals surface area contributed by atoms with E-state index in [-0.39, 0.29) is 11.6 Å². The molecule has 0 saturated heterocycles. The second-order valence-electron chi connectivity index (χ2n) is 5.43. The molecule has 5 heteroatoms. The highest BCUT2D eigenvalue weighted by Crippen LogP contribution is 2.28. The topological polar surface area (TPSA) is 53.7 Å². The monoisotopic (exact) mass is 263 g/mol. The largest absolute Gasteiger partial charge is 0.502 e. The molecule has 0 aromatic rings. The zero-order valence-corrected chi connectivity index (χ0v) is 13.2. The standard InChI is InChI=1S/C12H29NO3Si/c1-7-14-17(15-8-2,16-11(3)13)10-9-12(4,5)6/h11H,7-10,13H2,1-6H3. The van der Waals surface area contributed by atoms with E-state index in [2.05, 4.69) is 20.8 Å². The van der Waals surface area contributed by atoms with E-state index in [4.69, 9.17) is 19.0 Å². The average molecular weight is 263 g/mol. The zero-order valence-electron chi connectivity index (χ0n) is 12.2. The second kappa shape index (κ2) is 7.48. The van der Waals surface area contributed by atoms with Crippen molar-refractivity contribution in [1.29, 1.82) is 0 Å². The Bertz CT molecular complexity index is 198. The lowest BCUT2D eigenvalue weighted by Crippen LogP contribution is -2.50. The lowest BCUT2D eigenvalue weighted by molar-refractivity contribution is 0.0380. The van der Waals surface area contributed by atoms with Gasteiger partial charge in [0.25, 0.3) is 0 Å². The molecule has 1 atom stereocenters. The number of hydrogen-bond acceptors (Lipinski definition) is 4. The molecule has 0 aliphatic rings. The summed E-state index contributed by atoms with van der Waals surface area (Å²) in [6.45, 7) is 13.6. The highest BCUT2D eigenvalue weighted by molar-refractivity contribution is 6.60. The molecular formula is C12H29NO3Si. The van der Waals surface area contributed by atoms with Gasteiger partial charge >= 0.3 is 8.80 Å². The summed E-state index contributed by atoms with van der Waals surface area (Å²) in [6.07, 6.45) is 0.658. The van der Waals surface area contributed by atoms with Crippen molar-refractivity contribution in [1.82, 2.24) is 0 Å². The molecule has 0 radical (unpaired) electrons. The normalized spacial score (nSPS) is 15.0. The maximum absolute atomic E-state index is 5.79. The van der Waals surface area contributed by atoms with Crippen LogP contribution in [0, 0.1) is 5.41 Å². The molecule has 0 rings (SSSR count). The third kappa shape index (κ3) is 7.89. The zero-order chi connectivity index (χ0) is 13.5. The molecule has 104 valence electrons. The molecule has 17 heavy (non-hydrogen) atoms. The fourth-order valence-electron chi connectivity index (χ4n) is 1.56. The van der Waals surface area contributed by atoms with Gasteiger partial charge in [-0.2, -0.15) is 0 Å². The SMILES string of the molecule is CCO[Si](CCC(C)(C)C)(OCC)OC(C)N. The van der Waals surface area contributed by atoms with Crippen LogP contribution in [0.4, 0.5) is 0 Å². The smallest absolute Gasteiger partial charge is 0.374 e. The van der Waals surface area contributed by atoms with Crippen molar-refractivity contribution in [2.24, 2.45) is 11.1 Å². The molecule has 0 aliphatic heterocycles. The highest BCUT2D eigenvalue weighted by atomic mass is 28.4. The minimum Gasteiger partial charge on any atom is -0.374 e. The van der Waals surface area contributed by atoms with Gasteiger partial charge in [0.15, 0.2) is 0 Å². The van der Waals surface area contributed by atoms with E-state index < -0.39 is 8.80 Å². The van der Waals surface area contributed by atoms with Gasteiger partial charge in [0.05, 0.1) is 6.23 Å². The van der Waals surface area contributed by atoms with E-state index >= 15 is 0 Å². The van der Waals surface area contributed by atoms with Crippen molar-refractivity contribution in [2.75, 3.05) is 13.2 Å². The van der Waals surface area contributed by atoms with Gasteiger partial charge < -0.3 is 19.0 Å². The van der Waals surface area contributed by atoms with E-state index in [1.165, 1.54) is 0 Å². The molecule has 0 aromatic heterocycles. The van der Waals surface area contributed by atoms with Crippen molar-refractivity contribution in [3.05, 3.63) is 0 Å². The van der Waals surface area contributed by atoms with Crippen LogP contribution >= 0.6 is 0 Å². The van der Waals surface area contributed by atoms with E-state index in [0.717, 1.165) is 12.5 Å². The summed E-state index contributed by atoms with van der Waals surface area (Å²) in [5.41, 5.74) is 5.97. The maximum Gasteiger partial charge on any atom is 0.502 e. The van der Waals surface area contributed by atoms with Gasteiger partial charge in [-0.05, 0) is 32.6 Å². The van der Waals surface area contributed by atoms with Gasteiger partial charge in [0.2, 0.25) is 0 Å². The molecule has 0 fully saturated rings. The molecule has 0 spiro atoms. The first-order chi connectivity index (χ1) is 7.74. The Morgan fingerprint density at radius 2 is 1.59 bits per heavy atom. The summed E-state index contributed by atoms with van der Waals surface area (Å²) in [6, 6.07) is 0.819. The Labute approximate surface area is 107 Å². The van der Waals surface area contributed by atoms with Crippen molar-refractivity contribution < 1.29 is 13.3 Å². The predicted molar refractivity (Wildman–Crippen MR) is 72.6 cm³/mol. The van der Waals surface area contributed by atoms with Gasteiger partial charge in [-0.3, -0.25) is 0 Å². The van der Waals surface area contributed by atoms with Gasteiger partial charge in [0.1, 0.15) is 0 Å². The summed E-state index contributed by atoms with van der Waals surface area (Å²) in [5.74, 6) is 0. The fourth-order valence-corrected chi connectivity index (χ4v) is 4.69. The summed E-state index contributed by atoms with van der Waals surface area (Å²) in [4.78, 5) is 0. The first-order valence-electron chi connectivity index (χ1n) is 6.46. The van der Waals surface area contributed by atoms with Crippen LogP contribution in [0.25, 0.3) is 0 Å². The predicted octanol–water partition coefficient (Wildman–Crippen LogP) is 2.76. The van der Waals surface area contributed by atoms with Gasteiger partial charge in [-0.15, -0.1) is 0 Å². The fraction of sp³-hybridized carbons (Fsp3) is 1.00. The molecule has 0 bridgehead atoms. The first kappa shape index (κ1) is 17.1. The minimum absolute atomic E-state index is 0.244. The third-order valence-corrected chi connectivity index (χ3v) is 5.33. The Morgan fingerprint density at radius 3 is 1.88 bits per heavy atom. The number of rotatable bonds is 8. The molecule has 0 heterocycles. The number of hydrogen-bond donors (Lipinski definition) is 1. The van der Waals surface area contributed by atoms with Crippen molar-refractivity contribution >= 4 is 8.80 Å². The van der Waals surface area contributed by atoms with Crippen LogP contribution in [0.2, 0.25) is 6.04 Å².